The average Bonchev–Trinajstić information content (AvgIpc) is 3.12. The van der Waals surface area contributed by atoms with Gasteiger partial charge in [-0.2, -0.15) is 0 Å². The lowest BCUT2D eigenvalue weighted by Gasteiger charge is -2.18. The molecule has 1 atom stereocenters. The van der Waals surface area contributed by atoms with Crippen molar-refractivity contribution < 1.29 is 28.6 Å². The molecule has 0 aromatic rings. The number of hydrogen-bond donors (Lipinski definition) is 0. The van der Waals surface area contributed by atoms with E-state index in [0.29, 0.717) is 19.3 Å². The van der Waals surface area contributed by atoms with Gasteiger partial charge in [-0.25, -0.2) is 0 Å². The summed E-state index contributed by atoms with van der Waals surface area (Å²) in [6.45, 7) is 6.57. The van der Waals surface area contributed by atoms with Gasteiger partial charge in [-0.3, -0.25) is 14.4 Å². The summed E-state index contributed by atoms with van der Waals surface area (Å²) in [5.41, 5.74) is 0. The van der Waals surface area contributed by atoms with Crippen LogP contribution in [-0.2, 0) is 28.6 Å². The summed E-state index contributed by atoms with van der Waals surface area (Å²) in [5.74, 6) is -0.866. The third-order valence-corrected chi connectivity index (χ3v) is 10.1. The predicted octanol–water partition coefficient (Wildman–Crippen LogP) is 14.1. The molecule has 0 saturated carbocycles. The third kappa shape index (κ3) is 39.5. The van der Waals surface area contributed by atoms with Crippen molar-refractivity contribution in [2.45, 2.75) is 258 Å². The van der Waals surface area contributed by atoms with Gasteiger partial charge in [0.15, 0.2) is 6.10 Å². The Balaban J connectivity index is 4.17. The second-order valence-corrected chi connectivity index (χ2v) is 15.3. The largest absolute Gasteiger partial charge is 0.462 e. The van der Waals surface area contributed by atoms with E-state index in [-0.39, 0.29) is 31.1 Å². The first-order valence-electron chi connectivity index (χ1n) is 22.5. The van der Waals surface area contributed by atoms with E-state index < -0.39 is 6.10 Å². The highest BCUT2D eigenvalue weighted by Gasteiger charge is 2.19. The normalized spacial score (nSPS) is 11.8. The lowest BCUT2D eigenvalue weighted by molar-refractivity contribution is -0.167. The Hall–Kier alpha value is -1.59. The first kappa shape index (κ1) is 49.4. The number of carbonyl (C=O) groups is 3. The molecule has 302 valence electrons. The van der Waals surface area contributed by atoms with Crippen LogP contribution in [-0.4, -0.2) is 37.2 Å². The molecule has 0 radical (unpaired) electrons. The quantitative estimate of drug-likeness (QED) is 0.0355. The molecule has 0 rings (SSSR count). The van der Waals surface area contributed by atoms with Gasteiger partial charge in [-0.1, -0.05) is 213 Å². The second kappa shape index (κ2) is 41.2. The van der Waals surface area contributed by atoms with Crippen LogP contribution in [0.2, 0.25) is 0 Å². The van der Waals surface area contributed by atoms with Crippen molar-refractivity contribution in [1.29, 1.82) is 0 Å². The minimum Gasteiger partial charge on any atom is -0.462 e. The maximum absolute atomic E-state index is 12.7. The zero-order chi connectivity index (χ0) is 37.3. The van der Waals surface area contributed by atoms with E-state index in [0.717, 1.165) is 64.2 Å². The molecule has 0 aromatic heterocycles. The highest BCUT2D eigenvalue weighted by molar-refractivity contribution is 5.71. The zero-order valence-electron chi connectivity index (χ0n) is 34.4. The van der Waals surface area contributed by atoms with Crippen LogP contribution in [0.4, 0.5) is 0 Å². The van der Waals surface area contributed by atoms with Crippen LogP contribution in [0.5, 0.6) is 0 Å². The molecule has 0 spiro atoms. The van der Waals surface area contributed by atoms with Gasteiger partial charge >= 0.3 is 17.9 Å². The van der Waals surface area contributed by atoms with E-state index in [1.165, 1.54) is 148 Å². The van der Waals surface area contributed by atoms with Gasteiger partial charge in [0.05, 0.1) is 0 Å². The molecular weight excluding hydrogens is 636 g/mol. The van der Waals surface area contributed by atoms with Gasteiger partial charge in [0.25, 0.3) is 0 Å². The fourth-order valence-electron chi connectivity index (χ4n) is 6.68. The lowest BCUT2D eigenvalue weighted by Crippen LogP contribution is -2.30. The monoisotopic (exact) mass is 723 g/mol. The number of rotatable bonds is 41. The van der Waals surface area contributed by atoms with Gasteiger partial charge < -0.3 is 14.2 Å². The van der Waals surface area contributed by atoms with Gasteiger partial charge in [-0.15, -0.1) is 0 Å². The Morgan fingerprint density at radius 2 is 0.529 bits per heavy atom. The fraction of sp³-hybridized carbons (Fsp3) is 0.933. The van der Waals surface area contributed by atoms with Gasteiger partial charge in [-0.05, 0) is 19.3 Å². The Morgan fingerprint density at radius 3 is 0.784 bits per heavy atom. The van der Waals surface area contributed by atoms with Crippen molar-refractivity contribution in [2.75, 3.05) is 13.2 Å². The lowest BCUT2D eigenvalue weighted by atomic mass is 10.0. The number of esters is 3. The number of carbonyl (C=O) groups excluding carboxylic acids is 3. The van der Waals surface area contributed by atoms with Crippen LogP contribution < -0.4 is 0 Å². The van der Waals surface area contributed by atoms with Crippen LogP contribution >= 0.6 is 0 Å². The van der Waals surface area contributed by atoms with E-state index in [4.69, 9.17) is 14.2 Å². The molecule has 0 aliphatic rings. The summed E-state index contributed by atoms with van der Waals surface area (Å²) in [7, 11) is 0. The van der Waals surface area contributed by atoms with Crippen LogP contribution in [0.1, 0.15) is 252 Å². The fourth-order valence-corrected chi connectivity index (χ4v) is 6.68. The Kier molecular flexibility index (Phi) is 39.9. The summed E-state index contributed by atoms with van der Waals surface area (Å²) >= 11 is 0. The smallest absolute Gasteiger partial charge is 0.306 e. The molecule has 0 heterocycles. The number of hydrogen-bond acceptors (Lipinski definition) is 6. The molecule has 0 unspecified atom stereocenters. The summed E-state index contributed by atoms with van der Waals surface area (Å²) in [6.07, 6.45) is 41.1. The van der Waals surface area contributed by atoms with Crippen molar-refractivity contribution in [3.05, 3.63) is 0 Å². The van der Waals surface area contributed by atoms with Crippen LogP contribution in [0.15, 0.2) is 0 Å². The van der Waals surface area contributed by atoms with Crippen LogP contribution in [0.3, 0.4) is 0 Å². The van der Waals surface area contributed by atoms with Crippen molar-refractivity contribution in [3.63, 3.8) is 0 Å². The summed E-state index contributed by atoms with van der Waals surface area (Å²) < 4.78 is 16.6. The van der Waals surface area contributed by atoms with E-state index >= 15 is 0 Å². The van der Waals surface area contributed by atoms with Crippen molar-refractivity contribution in [1.82, 2.24) is 0 Å². The minimum absolute atomic E-state index is 0.0639. The molecular formula is C45H86O6. The molecule has 0 N–H and O–H groups in total. The van der Waals surface area contributed by atoms with Crippen LogP contribution in [0, 0.1) is 0 Å². The Morgan fingerprint density at radius 1 is 0.314 bits per heavy atom. The number of ether oxygens (including phenoxy) is 3. The first-order chi connectivity index (χ1) is 25.0. The molecule has 6 heteroatoms. The van der Waals surface area contributed by atoms with Gasteiger partial charge in [0.1, 0.15) is 13.2 Å². The van der Waals surface area contributed by atoms with E-state index in [1.807, 2.05) is 0 Å². The molecule has 0 aliphatic heterocycles. The van der Waals surface area contributed by atoms with E-state index in [9.17, 15) is 14.4 Å². The topological polar surface area (TPSA) is 78.9 Å². The minimum atomic E-state index is -0.756. The van der Waals surface area contributed by atoms with Crippen LogP contribution in [0.25, 0.3) is 0 Å². The van der Waals surface area contributed by atoms with Gasteiger partial charge in [0, 0.05) is 19.3 Å². The first-order valence-corrected chi connectivity index (χ1v) is 22.5. The van der Waals surface area contributed by atoms with E-state index in [2.05, 4.69) is 20.8 Å². The third-order valence-electron chi connectivity index (χ3n) is 10.1. The summed E-state index contributed by atoms with van der Waals surface area (Å²) in [6, 6.07) is 0. The highest BCUT2D eigenvalue weighted by Crippen LogP contribution is 2.16. The van der Waals surface area contributed by atoms with Crippen molar-refractivity contribution in [3.8, 4) is 0 Å². The SMILES string of the molecule is CCCCCCCCCCCCCCCCCCC(=O)O[C@@H](COC(=O)CCCCCCC)COC(=O)CCCCCCCCCCCCCC. The summed E-state index contributed by atoms with van der Waals surface area (Å²) in [4.78, 5) is 37.4. The standard InChI is InChI=1S/C45H86O6/c1-4-7-10-13-15-17-19-21-22-23-24-26-28-30-33-36-39-45(48)51-42(40-49-43(46)37-34-31-12-9-6-3)41-50-44(47)38-35-32-29-27-25-20-18-16-14-11-8-5-2/h42H,4-41H2,1-3H3/t42-/m0/s1. The van der Waals surface area contributed by atoms with E-state index in [1.54, 1.807) is 0 Å². The molecule has 0 aromatic carbocycles. The zero-order valence-corrected chi connectivity index (χ0v) is 34.4. The molecule has 0 saturated heterocycles. The highest BCUT2D eigenvalue weighted by atomic mass is 16.6. The molecule has 0 amide bonds. The predicted molar refractivity (Wildman–Crippen MR) is 215 cm³/mol. The molecule has 51 heavy (non-hydrogen) atoms. The Labute approximate surface area is 317 Å². The molecule has 0 bridgehead atoms. The number of unbranched alkanes of at least 4 members (excludes halogenated alkanes) is 30. The van der Waals surface area contributed by atoms with Crippen molar-refractivity contribution in [2.24, 2.45) is 0 Å². The summed E-state index contributed by atoms with van der Waals surface area (Å²) in [5, 5.41) is 0. The molecule has 6 nitrogen and oxygen atoms in total. The maximum atomic E-state index is 12.7. The van der Waals surface area contributed by atoms with Gasteiger partial charge in [0.2, 0.25) is 0 Å². The molecule has 0 aliphatic carbocycles. The maximum Gasteiger partial charge on any atom is 0.306 e. The molecule has 0 fully saturated rings. The average molecular weight is 723 g/mol. The van der Waals surface area contributed by atoms with Crippen molar-refractivity contribution >= 4 is 17.9 Å². The second-order valence-electron chi connectivity index (χ2n) is 15.3. The Bertz CT molecular complexity index is 753.